The molecule has 0 aliphatic heterocycles. The third-order valence-corrected chi connectivity index (χ3v) is 2.44. The Labute approximate surface area is 110 Å². The third-order valence-electron chi connectivity index (χ3n) is 2.19. The number of hydrogen-bond acceptors (Lipinski definition) is 2. The van der Waals surface area contributed by atoms with Crippen LogP contribution in [0.4, 0.5) is 0 Å². The molecule has 0 aliphatic rings. The second kappa shape index (κ2) is 6.61. The minimum atomic E-state index is -0.554. The van der Waals surface area contributed by atoms with E-state index in [1.54, 1.807) is 36.4 Å². The molecule has 0 bridgehead atoms. The van der Waals surface area contributed by atoms with Gasteiger partial charge in [-0.15, -0.1) is 0 Å². The van der Waals surface area contributed by atoms with Gasteiger partial charge in [-0.05, 0) is 29.8 Å². The first-order valence-corrected chi connectivity index (χ1v) is 5.57. The third kappa shape index (κ3) is 4.84. The molecule has 4 nitrogen and oxygen atoms in total. The summed E-state index contributed by atoms with van der Waals surface area (Å²) in [7, 11) is 0. The van der Waals surface area contributed by atoms with Crippen LogP contribution in [0.2, 0.25) is 5.02 Å². The molecule has 0 spiro atoms. The molecule has 94 valence electrons. The summed E-state index contributed by atoms with van der Waals surface area (Å²) in [5, 5.41) is 0.607. The van der Waals surface area contributed by atoms with Crippen molar-refractivity contribution < 1.29 is 9.59 Å². The van der Waals surface area contributed by atoms with E-state index in [4.69, 9.17) is 23.1 Å². The lowest BCUT2D eigenvalue weighted by Gasteiger charge is -2.08. The van der Waals surface area contributed by atoms with E-state index in [-0.39, 0.29) is 5.92 Å². The summed E-state index contributed by atoms with van der Waals surface area (Å²) >= 11 is 5.79. The molecule has 0 aliphatic carbocycles. The Hall–Kier alpha value is -2.07. The number of carbonyl (C=O) groups excluding carboxylic acids is 2. The Bertz CT molecular complexity index is 468. The number of halogens is 1. The summed E-state index contributed by atoms with van der Waals surface area (Å²) in [5.41, 5.74) is 10.9. The first kappa shape index (κ1) is 14.0. The van der Waals surface area contributed by atoms with Crippen LogP contribution in [-0.4, -0.2) is 11.8 Å². The van der Waals surface area contributed by atoms with Crippen LogP contribution in [0.1, 0.15) is 11.5 Å². The number of carbonyl (C=O) groups is 2. The van der Waals surface area contributed by atoms with Gasteiger partial charge < -0.3 is 11.5 Å². The quantitative estimate of drug-likeness (QED) is 0.790. The number of rotatable bonds is 5. The molecule has 0 saturated heterocycles. The van der Waals surface area contributed by atoms with E-state index in [2.05, 4.69) is 0 Å². The molecule has 0 atom stereocenters. The fraction of sp³-hybridized carbons (Fsp3) is 0.0769. The lowest BCUT2D eigenvalue weighted by molar-refractivity contribution is -0.114. The molecular weight excluding hydrogens is 252 g/mol. The normalized spacial score (nSPS) is 11.4. The van der Waals surface area contributed by atoms with Crippen molar-refractivity contribution >= 4 is 23.4 Å². The van der Waals surface area contributed by atoms with Gasteiger partial charge in [-0.1, -0.05) is 35.9 Å². The predicted octanol–water partition coefficient (Wildman–Crippen LogP) is 1.51. The summed E-state index contributed by atoms with van der Waals surface area (Å²) < 4.78 is 0. The summed E-state index contributed by atoms with van der Waals surface area (Å²) in [6.45, 7) is 0. The zero-order valence-electron chi connectivity index (χ0n) is 9.55. The topological polar surface area (TPSA) is 86.2 Å². The molecule has 1 rings (SSSR count). The van der Waals surface area contributed by atoms with E-state index < -0.39 is 11.8 Å². The number of benzene rings is 1. The SMILES string of the molecule is NC(=O)/C=C/C(/C=C/C(N)=O)c1ccc(Cl)cc1. The van der Waals surface area contributed by atoms with Gasteiger partial charge >= 0.3 is 0 Å². The van der Waals surface area contributed by atoms with Gasteiger partial charge in [0.05, 0.1) is 0 Å². The van der Waals surface area contributed by atoms with Crippen molar-refractivity contribution in [1.82, 2.24) is 0 Å². The molecule has 0 radical (unpaired) electrons. The van der Waals surface area contributed by atoms with Gasteiger partial charge in [0.25, 0.3) is 0 Å². The van der Waals surface area contributed by atoms with Crippen molar-refractivity contribution in [2.75, 3.05) is 0 Å². The van der Waals surface area contributed by atoms with Gasteiger partial charge in [0, 0.05) is 10.9 Å². The molecule has 0 unspecified atom stereocenters. The molecule has 4 N–H and O–H groups in total. The van der Waals surface area contributed by atoms with Crippen LogP contribution in [0.5, 0.6) is 0 Å². The minimum absolute atomic E-state index is 0.262. The number of hydrogen-bond donors (Lipinski definition) is 2. The highest BCUT2D eigenvalue weighted by Gasteiger charge is 2.05. The summed E-state index contributed by atoms with van der Waals surface area (Å²) in [6, 6.07) is 7.04. The van der Waals surface area contributed by atoms with E-state index in [0.717, 1.165) is 5.56 Å². The van der Waals surface area contributed by atoms with Crippen molar-refractivity contribution in [3.8, 4) is 0 Å². The van der Waals surface area contributed by atoms with E-state index in [1.165, 1.54) is 12.2 Å². The van der Waals surface area contributed by atoms with Crippen LogP contribution >= 0.6 is 11.6 Å². The first-order valence-electron chi connectivity index (χ1n) is 5.20. The van der Waals surface area contributed by atoms with Crippen molar-refractivity contribution in [1.29, 1.82) is 0 Å². The second-order valence-corrected chi connectivity index (χ2v) is 4.04. The maximum atomic E-state index is 10.7. The smallest absolute Gasteiger partial charge is 0.241 e. The van der Waals surface area contributed by atoms with Crippen LogP contribution < -0.4 is 11.5 Å². The Kier molecular flexibility index (Phi) is 5.14. The van der Waals surface area contributed by atoms with Crippen LogP contribution in [0.15, 0.2) is 48.6 Å². The van der Waals surface area contributed by atoms with Crippen molar-refractivity contribution in [3.05, 3.63) is 59.2 Å². The predicted molar refractivity (Wildman–Crippen MR) is 70.9 cm³/mol. The molecule has 0 fully saturated rings. The zero-order valence-corrected chi connectivity index (χ0v) is 10.3. The van der Waals surface area contributed by atoms with Gasteiger partial charge in [0.15, 0.2) is 0 Å². The summed E-state index contributed by atoms with van der Waals surface area (Å²) in [5.74, 6) is -1.37. The molecular formula is C13H13ClN2O2. The monoisotopic (exact) mass is 264 g/mol. The maximum Gasteiger partial charge on any atom is 0.241 e. The number of amides is 2. The van der Waals surface area contributed by atoms with E-state index in [0.29, 0.717) is 5.02 Å². The summed E-state index contributed by atoms with van der Waals surface area (Å²) in [4.78, 5) is 21.5. The number of allylic oxidation sites excluding steroid dienone is 2. The Morgan fingerprint density at radius 2 is 1.44 bits per heavy atom. The van der Waals surface area contributed by atoms with E-state index >= 15 is 0 Å². The molecule has 2 amide bonds. The number of primary amides is 2. The molecule has 18 heavy (non-hydrogen) atoms. The highest BCUT2D eigenvalue weighted by Crippen LogP contribution is 2.21. The van der Waals surface area contributed by atoms with E-state index in [9.17, 15) is 9.59 Å². The van der Waals surface area contributed by atoms with Gasteiger partial charge in [-0.3, -0.25) is 9.59 Å². The average Bonchev–Trinajstić information content (AvgIpc) is 2.30. The van der Waals surface area contributed by atoms with Gasteiger partial charge in [0.2, 0.25) is 11.8 Å². The fourth-order valence-electron chi connectivity index (χ4n) is 1.37. The fourth-order valence-corrected chi connectivity index (χ4v) is 1.49. The average molecular weight is 265 g/mol. The maximum absolute atomic E-state index is 10.7. The highest BCUT2D eigenvalue weighted by molar-refractivity contribution is 6.30. The largest absolute Gasteiger partial charge is 0.366 e. The van der Waals surface area contributed by atoms with Crippen LogP contribution in [0.25, 0.3) is 0 Å². The van der Waals surface area contributed by atoms with E-state index in [1.807, 2.05) is 0 Å². The van der Waals surface area contributed by atoms with Crippen molar-refractivity contribution in [3.63, 3.8) is 0 Å². The lowest BCUT2D eigenvalue weighted by Crippen LogP contribution is -2.08. The lowest BCUT2D eigenvalue weighted by atomic mass is 9.98. The Morgan fingerprint density at radius 3 is 1.83 bits per heavy atom. The Balaban J connectivity index is 2.99. The van der Waals surface area contributed by atoms with Crippen LogP contribution in [0, 0.1) is 0 Å². The molecule has 5 heteroatoms. The molecule has 0 aromatic heterocycles. The molecule has 1 aromatic rings. The van der Waals surface area contributed by atoms with Gasteiger partial charge in [-0.25, -0.2) is 0 Å². The van der Waals surface area contributed by atoms with Crippen molar-refractivity contribution in [2.45, 2.75) is 5.92 Å². The number of nitrogens with two attached hydrogens (primary N) is 2. The Morgan fingerprint density at radius 1 is 1.00 bits per heavy atom. The van der Waals surface area contributed by atoms with Gasteiger partial charge in [-0.2, -0.15) is 0 Å². The molecule has 0 heterocycles. The van der Waals surface area contributed by atoms with Gasteiger partial charge in [0.1, 0.15) is 0 Å². The summed E-state index contributed by atoms with van der Waals surface area (Å²) in [6.07, 6.45) is 5.66. The van der Waals surface area contributed by atoms with Crippen LogP contribution in [0.3, 0.4) is 0 Å². The molecule has 1 aromatic carbocycles. The standard InChI is InChI=1S/C13H13ClN2O2/c14-11-5-1-9(2-6-11)10(3-7-12(15)17)4-8-13(16)18/h1-8,10H,(H2,15,17)(H2,16,18)/b7-3+,8-4+. The highest BCUT2D eigenvalue weighted by atomic mass is 35.5. The first-order chi connectivity index (χ1) is 8.49. The minimum Gasteiger partial charge on any atom is -0.366 e. The second-order valence-electron chi connectivity index (χ2n) is 3.60. The van der Waals surface area contributed by atoms with Crippen LogP contribution in [-0.2, 0) is 9.59 Å². The zero-order chi connectivity index (χ0) is 13.5. The van der Waals surface area contributed by atoms with Crippen molar-refractivity contribution in [2.24, 2.45) is 11.5 Å². The molecule has 0 saturated carbocycles.